The van der Waals surface area contributed by atoms with Gasteiger partial charge >= 0.3 is 0 Å². The fraction of sp³-hybridized carbons (Fsp3) is 0.900. The van der Waals surface area contributed by atoms with Gasteiger partial charge in [0.1, 0.15) is 0 Å². The third-order valence-electron chi connectivity index (χ3n) is 2.23. The molecule has 84 valence electrons. The topological polar surface area (TPSA) is 69.6 Å². The molecule has 0 aromatic rings. The van der Waals surface area contributed by atoms with E-state index in [1.54, 1.807) is 6.92 Å². The molecule has 1 saturated carbocycles. The van der Waals surface area contributed by atoms with Crippen LogP contribution in [0.3, 0.4) is 0 Å². The van der Waals surface area contributed by atoms with Crippen LogP contribution in [-0.2, 0) is 4.79 Å². The van der Waals surface area contributed by atoms with Gasteiger partial charge in [-0.25, -0.2) is 0 Å². The summed E-state index contributed by atoms with van der Waals surface area (Å²) in [6, 6.07) is 0.0506. The number of amides is 1. The Kier molecular flexibility index (Phi) is 5.72. The Morgan fingerprint density at radius 3 is 2.36 bits per heavy atom. The average Bonchev–Trinajstić information content (AvgIpc) is 2.18. The van der Waals surface area contributed by atoms with Gasteiger partial charge in [0.15, 0.2) is 0 Å². The Morgan fingerprint density at radius 2 is 2.00 bits per heavy atom. The summed E-state index contributed by atoms with van der Waals surface area (Å²) in [5, 5.41) is 20.8. The molecule has 0 aliphatic heterocycles. The SMILES string of the molecule is CC.CCC(=O)NC1CC(O)(CO)C1. The minimum absolute atomic E-state index is 0.00000945. The smallest absolute Gasteiger partial charge is 0.219 e. The van der Waals surface area contributed by atoms with Gasteiger partial charge in [-0.05, 0) is 12.8 Å². The summed E-state index contributed by atoms with van der Waals surface area (Å²) in [7, 11) is 0. The zero-order chi connectivity index (χ0) is 11.2. The Hall–Kier alpha value is -0.610. The van der Waals surface area contributed by atoms with Crippen LogP contribution < -0.4 is 5.32 Å². The summed E-state index contributed by atoms with van der Waals surface area (Å²) in [6.45, 7) is 5.57. The number of nitrogens with one attached hydrogen (secondary N) is 1. The van der Waals surface area contributed by atoms with E-state index in [9.17, 15) is 9.90 Å². The zero-order valence-corrected chi connectivity index (χ0v) is 9.21. The highest BCUT2D eigenvalue weighted by Gasteiger charge is 2.42. The molecular formula is C10H21NO3. The maximum Gasteiger partial charge on any atom is 0.219 e. The number of aliphatic hydroxyl groups is 2. The van der Waals surface area contributed by atoms with Crippen LogP contribution in [0.1, 0.15) is 40.0 Å². The first kappa shape index (κ1) is 13.4. The van der Waals surface area contributed by atoms with Crippen LogP contribution in [0, 0.1) is 0 Å². The normalized spacial score (nSPS) is 29.6. The van der Waals surface area contributed by atoms with Crippen LogP contribution >= 0.6 is 0 Å². The van der Waals surface area contributed by atoms with E-state index >= 15 is 0 Å². The molecule has 0 radical (unpaired) electrons. The second-order valence-corrected chi connectivity index (χ2v) is 3.41. The van der Waals surface area contributed by atoms with Crippen LogP contribution in [0.25, 0.3) is 0 Å². The summed E-state index contributed by atoms with van der Waals surface area (Å²) in [6.07, 6.45) is 1.40. The van der Waals surface area contributed by atoms with Crippen molar-refractivity contribution in [3.05, 3.63) is 0 Å². The predicted octanol–water partition coefficient (Wildman–Crippen LogP) is 0.425. The Balaban J connectivity index is 0.000000791. The summed E-state index contributed by atoms with van der Waals surface area (Å²) in [5.74, 6) is -0.00000945. The van der Waals surface area contributed by atoms with E-state index in [-0.39, 0.29) is 18.6 Å². The fourth-order valence-corrected chi connectivity index (χ4v) is 1.42. The van der Waals surface area contributed by atoms with Crippen molar-refractivity contribution in [1.29, 1.82) is 0 Å². The highest BCUT2D eigenvalue weighted by Crippen LogP contribution is 2.31. The van der Waals surface area contributed by atoms with Gasteiger partial charge in [-0.1, -0.05) is 20.8 Å². The first-order valence-electron chi connectivity index (χ1n) is 5.22. The van der Waals surface area contributed by atoms with Crippen LogP contribution in [0.2, 0.25) is 0 Å². The molecule has 1 fully saturated rings. The zero-order valence-electron chi connectivity index (χ0n) is 9.21. The average molecular weight is 203 g/mol. The largest absolute Gasteiger partial charge is 0.393 e. The summed E-state index contributed by atoms with van der Waals surface area (Å²) < 4.78 is 0. The molecule has 4 heteroatoms. The van der Waals surface area contributed by atoms with Crippen LogP contribution in [0.5, 0.6) is 0 Å². The van der Waals surface area contributed by atoms with Crippen molar-refractivity contribution in [1.82, 2.24) is 5.32 Å². The third kappa shape index (κ3) is 3.64. The fourth-order valence-electron chi connectivity index (χ4n) is 1.42. The molecule has 0 aromatic heterocycles. The summed E-state index contributed by atoms with van der Waals surface area (Å²) in [4.78, 5) is 10.9. The van der Waals surface area contributed by atoms with Crippen LogP contribution in [0.4, 0.5) is 0 Å². The van der Waals surface area contributed by atoms with Crippen molar-refractivity contribution < 1.29 is 15.0 Å². The minimum atomic E-state index is -0.939. The number of carbonyl (C=O) groups is 1. The molecular weight excluding hydrogens is 182 g/mol. The second kappa shape index (κ2) is 5.98. The molecule has 0 heterocycles. The minimum Gasteiger partial charge on any atom is -0.393 e. The molecule has 1 amide bonds. The monoisotopic (exact) mass is 203 g/mol. The Labute approximate surface area is 85.3 Å². The highest BCUT2D eigenvalue weighted by atomic mass is 16.3. The van der Waals surface area contributed by atoms with Gasteiger partial charge in [0.25, 0.3) is 0 Å². The van der Waals surface area contributed by atoms with Crippen molar-refractivity contribution in [2.24, 2.45) is 0 Å². The van der Waals surface area contributed by atoms with Crippen molar-refractivity contribution in [2.75, 3.05) is 6.61 Å². The first-order chi connectivity index (χ1) is 6.59. The molecule has 0 saturated heterocycles. The highest BCUT2D eigenvalue weighted by molar-refractivity contribution is 5.76. The molecule has 4 nitrogen and oxygen atoms in total. The predicted molar refractivity (Wildman–Crippen MR) is 54.8 cm³/mol. The third-order valence-corrected chi connectivity index (χ3v) is 2.23. The summed E-state index contributed by atoms with van der Waals surface area (Å²) >= 11 is 0. The van der Waals surface area contributed by atoms with E-state index in [0.29, 0.717) is 19.3 Å². The lowest BCUT2D eigenvalue weighted by molar-refractivity contribution is -0.128. The quantitative estimate of drug-likeness (QED) is 0.623. The molecule has 0 spiro atoms. The van der Waals surface area contributed by atoms with Crippen LogP contribution in [-0.4, -0.2) is 34.4 Å². The number of aliphatic hydroxyl groups excluding tert-OH is 1. The van der Waals surface area contributed by atoms with E-state index in [1.807, 2.05) is 13.8 Å². The van der Waals surface area contributed by atoms with Gasteiger partial charge in [0, 0.05) is 12.5 Å². The number of carbonyl (C=O) groups excluding carboxylic acids is 1. The van der Waals surface area contributed by atoms with Crippen LogP contribution in [0.15, 0.2) is 0 Å². The van der Waals surface area contributed by atoms with E-state index in [0.717, 1.165) is 0 Å². The van der Waals surface area contributed by atoms with Crippen molar-refractivity contribution >= 4 is 5.91 Å². The Morgan fingerprint density at radius 1 is 1.50 bits per heavy atom. The molecule has 0 aromatic carbocycles. The molecule has 0 bridgehead atoms. The number of rotatable bonds is 3. The van der Waals surface area contributed by atoms with Crippen molar-refractivity contribution in [3.8, 4) is 0 Å². The van der Waals surface area contributed by atoms with E-state index in [2.05, 4.69) is 5.32 Å². The van der Waals surface area contributed by atoms with Crippen molar-refractivity contribution in [3.63, 3.8) is 0 Å². The Bertz CT molecular complexity index is 176. The molecule has 0 atom stereocenters. The first-order valence-corrected chi connectivity index (χ1v) is 5.22. The maximum absolute atomic E-state index is 10.9. The van der Waals surface area contributed by atoms with Gasteiger partial charge in [-0.15, -0.1) is 0 Å². The maximum atomic E-state index is 10.9. The lowest BCUT2D eigenvalue weighted by atomic mass is 9.76. The van der Waals surface area contributed by atoms with Gasteiger partial charge in [-0.2, -0.15) is 0 Å². The number of hydrogen-bond acceptors (Lipinski definition) is 3. The van der Waals surface area contributed by atoms with Gasteiger partial charge < -0.3 is 15.5 Å². The van der Waals surface area contributed by atoms with E-state index in [4.69, 9.17) is 5.11 Å². The standard InChI is InChI=1S/C8H15NO3.C2H6/c1-2-7(11)9-6-3-8(12,4-6)5-10;1-2/h6,10,12H,2-5H2,1H3,(H,9,11);1-2H3. The van der Waals surface area contributed by atoms with E-state index in [1.165, 1.54) is 0 Å². The van der Waals surface area contributed by atoms with Gasteiger partial charge in [0.05, 0.1) is 12.2 Å². The lowest BCUT2D eigenvalue weighted by Gasteiger charge is -2.42. The van der Waals surface area contributed by atoms with Gasteiger partial charge in [0.2, 0.25) is 5.91 Å². The molecule has 1 aliphatic rings. The summed E-state index contributed by atoms with van der Waals surface area (Å²) in [5.41, 5.74) is -0.939. The molecule has 1 aliphatic carbocycles. The molecule has 14 heavy (non-hydrogen) atoms. The number of hydrogen-bond donors (Lipinski definition) is 3. The van der Waals surface area contributed by atoms with Crippen molar-refractivity contribution in [2.45, 2.75) is 51.7 Å². The van der Waals surface area contributed by atoms with E-state index < -0.39 is 5.60 Å². The molecule has 3 N–H and O–H groups in total. The van der Waals surface area contributed by atoms with Gasteiger partial charge in [-0.3, -0.25) is 4.79 Å². The second-order valence-electron chi connectivity index (χ2n) is 3.41. The molecule has 1 rings (SSSR count). The lowest BCUT2D eigenvalue weighted by Crippen LogP contribution is -2.56. The molecule has 0 unspecified atom stereocenters.